The molecular formula is C19H38IN5O2. The van der Waals surface area contributed by atoms with Crippen LogP contribution in [0, 0.1) is 0 Å². The second-order valence-electron chi connectivity index (χ2n) is 8.30. The Hall–Kier alpha value is -0.770. The summed E-state index contributed by atoms with van der Waals surface area (Å²) in [6.07, 6.45) is 5.85. The van der Waals surface area contributed by atoms with Crippen LogP contribution in [-0.4, -0.2) is 84.7 Å². The van der Waals surface area contributed by atoms with Crippen LogP contribution in [0.25, 0.3) is 0 Å². The summed E-state index contributed by atoms with van der Waals surface area (Å²) in [7, 11) is 0. The lowest BCUT2D eigenvalue weighted by Gasteiger charge is -2.35. The molecule has 2 fully saturated rings. The summed E-state index contributed by atoms with van der Waals surface area (Å²) in [5.74, 6) is 0.710. The van der Waals surface area contributed by atoms with Gasteiger partial charge in [0, 0.05) is 52.4 Å². The molecule has 0 spiro atoms. The smallest absolute Gasteiger partial charge is 0.410 e. The third-order valence-electron chi connectivity index (χ3n) is 4.86. The van der Waals surface area contributed by atoms with Crippen molar-refractivity contribution in [2.24, 2.45) is 10.7 Å². The highest BCUT2D eigenvalue weighted by molar-refractivity contribution is 14.0. The fraction of sp³-hybridized carbons (Fsp3) is 0.895. The number of ether oxygens (including phenoxy) is 1. The van der Waals surface area contributed by atoms with Gasteiger partial charge in [-0.3, -0.25) is 9.89 Å². The molecule has 0 saturated carbocycles. The molecule has 0 aromatic carbocycles. The van der Waals surface area contributed by atoms with E-state index in [2.05, 4.69) is 14.8 Å². The van der Waals surface area contributed by atoms with Crippen LogP contribution in [0.3, 0.4) is 0 Å². The lowest BCUT2D eigenvalue weighted by molar-refractivity contribution is 0.0145. The number of amides is 1. The van der Waals surface area contributed by atoms with Crippen molar-refractivity contribution in [1.29, 1.82) is 0 Å². The number of nitrogens with zero attached hydrogens (tertiary/aromatic N) is 4. The van der Waals surface area contributed by atoms with Gasteiger partial charge in [-0.1, -0.05) is 12.8 Å². The first kappa shape index (κ1) is 24.3. The third-order valence-corrected chi connectivity index (χ3v) is 4.86. The molecule has 27 heavy (non-hydrogen) atoms. The maximum Gasteiger partial charge on any atom is 0.410 e. The van der Waals surface area contributed by atoms with Crippen molar-refractivity contribution in [2.75, 3.05) is 52.4 Å². The van der Waals surface area contributed by atoms with E-state index in [9.17, 15) is 4.79 Å². The van der Waals surface area contributed by atoms with Gasteiger partial charge in [-0.15, -0.1) is 24.0 Å². The SMILES string of the molecule is CC(C)(C)OC(=O)N1CCN(CCCN=C(N)N2CCCCCC2)CC1.I. The first-order chi connectivity index (χ1) is 12.3. The van der Waals surface area contributed by atoms with Crippen LogP contribution >= 0.6 is 24.0 Å². The van der Waals surface area contributed by atoms with E-state index in [0.717, 1.165) is 58.8 Å². The van der Waals surface area contributed by atoms with Crippen molar-refractivity contribution in [1.82, 2.24) is 14.7 Å². The van der Waals surface area contributed by atoms with E-state index < -0.39 is 5.60 Å². The van der Waals surface area contributed by atoms with Crippen LogP contribution < -0.4 is 5.73 Å². The molecule has 2 aliphatic rings. The first-order valence-corrected chi connectivity index (χ1v) is 10.1. The summed E-state index contributed by atoms with van der Waals surface area (Å²) in [5, 5.41) is 0. The molecule has 2 rings (SSSR count). The second kappa shape index (κ2) is 11.9. The van der Waals surface area contributed by atoms with Crippen LogP contribution in [0.4, 0.5) is 4.79 Å². The fourth-order valence-corrected chi connectivity index (χ4v) is 3.37. The van der Waals surface area contributed by atoms with E-state index in [1.54, 1.807) is 4.90 Å². The summed E-state index contributed by atoms with van der Waals surface area (Å²) in [6.45, 7) is 12.8. The van der Waals surface area contributed by atoms with Crippen molar-refractivity contribution in [2.45, 2.75) is 58.5 Å². The van der Waals surface area contributed by atoms with E-state index in [-0.39, 0.29) is 30.1 Å². The molecule has 0 radical (unpaired) electrons. The summed E-state index contributed by atoms with van der Waals surface area (Å²) in [5.41, 5.74) is 5.71. The van der Waals surface area contributed by atoms with Crippen LogP contribution in [0.1, 0.15) is 52.9 Å². The molecule has 0 atom stereocenters. The molecular weight excluding hydrogens is 457 g/mol. The zero-order chi connectivity index (χ0) is 19.0. The number of hydrogen-bond donors (Lipinski definition) is 1. The quantitative estimate of drug-likeness (QED) is 0.281. The van der Waals surface area contributed by atoms with E-state index >= 15 is 0 Å². The van der Waals surface area contributed by atoms with Gasteiger partial charge in [-0.05, 0) is 40.0 Å². The Morgan fingerprint density at radius 3 is 2.11 bits per heavy atom. The highest BCUT2D eigenvalue weighted by Crippen LogP contribution is 2.12. The Morgan fingerprint density at radius 2 is 1.56 bits per heavy atom. The van der Waals surface area contributed by atoms with Crippen molar-refractivity contribution in [3.63, 3.8) is 0 Å². The molecule has 0 bridgehead atoms. The number of halogens is 1. The molecule has 2 N–H and O–H groups in total. The number of aliphatic imine (C=N–C) groups is 1. The van der Waals surface area contributed by atoms with Gasteiger partial charge in [0.15, 0.2) is 5.96 Å². The summed E-state index contributed by atoms with van der Waals surface area (Å²) < 4.78 is 5.44. The Labute approximate surface area is 181 Å². The lowest BCUT2D eigenvalue weighted by Crippen LogP contribution is -2.50. The van der Waals surface area contributed by atoms with Crippen molar-refractivity contribution in [3.05, 3.63) is 0 Å². The van der Waals surface area contributed by atoms with Crippen LogP contribution in [0.2, 0.25) is 0 Å². The maximum absolute atomic E-state index is 12.1. The number of rotatable bonds is 4. The van der Waals surface area contributed by atoms with E-state index in [1.165, 1.54) is 25.7 Å². The molecule has 0 unspecified atom stereocenters. The first-order valence-electron chi connectivity index (χ1n) is 10.1. The molecule has 7 nitrogen and oxygen atoms in total. The Balaban J connectivity index is 0.00000364. The number of piperazine rings is 1. The van der Waals surface area contributed by atoms with Gasteiger partial charge in [0.25, 0.3) is 0 Å². The number of carbonyl (C=O) groups is 1. The number of carbonyl (C=O) groups excluding carboxylic acids is 1. The van der Waals surface area contributed by atoms with Crippen molar-refractivity contribution in [3.8, 4) is 0 Å². The predicted octanol–water partition coefficient (Wildman–Crippen LogP) is 2.74. The van der Waals surface area contributed by atoms with Gasteiger partial charge < -0.3 is 20.3 Å². The van der Waals surface area contributed by atoms with E-state index in [0.29, 0.717) is 5.96 Å². The zero-order valence-corrected chi connectivity index (χ0v) is 19.6. The average molecular weight is 495 g/mol. The molecule has 0 aromatic rings. The standard InChI is InChI=1S/C19H37N5O2.HI/c1-19(2,3)26-18(25)24-15-13-22(14-16-24)10-8-9-21-17(20)23-11-6-4-5-7-12-23;/h4-16H2,1-3H3,(H2,20,21);1H. The number of nitrogens with two attached hydrogens (primary N) is 1. The largest absolute Gasteiger partial charge is 0.444 e. The van der Waals surface area contributed by atoms with Gasteiger partial charge in [-0.2, -0.15) is 0 Å². The van der Waals surface area contributed by atoms with E-state index in [1.807, 2.05) is 20.8 Å². The number of guanidine groups is 1. The van der Waals surface area contributed by atoms with Crippen molar-refractivity contribution >= 4 is 36.0 Å². The molecule has 0 aromatic heterocycles. The molecule has 2 heterocycles. The highest BCUT2D eigenvalue weighted by Gasteiger charge is 2.25. The lowest BCUT2D eigenvalue weighted by atomic mass is 10.2. The van der Waals surface area contributed by atoms with Gasteiger partial charge in [0.1, 0.15) is 5.60 Å². The molecule has 158 valence electrons. The van der Waals surface area contributed by atoms with Gasteiger partial charge in [0.2, 0.25) is 0 Å². The summed E-state index contributed by atoms with van der Waals surface area (Å²) in [4.78, 5) is 23.1. The van der Waals surface area contributed by atoms with Crippen molar-refractivity contribution < 1.29 is 9.53 Å². The second-order valence-corrected chi connectivity index (χ2v) is 8.30. The molecule has 1 amide bonds. The number of hydrogen-bond acceptors (Lipinski definition) is 4. The normalized spacial score (nSPS) is 20.0. The minimum atomic E-state index is -0.431. The third kappa shape index (κ3) is 9.32. The minimum absolute atomic E-state index is 0. The van der Waals surface area contributed by atoms with Crippen LogP contribution in [0.5, 0.6) is 0 Å². The van der Waals surface area contributed by atoms with E-state index in [4.69, 9.17) is 10.5 Å². The fourth-order valence-electron chi connectivity index (χ4n) is 3.37. The van der Waals surface area contributed by atoms with Gasteiger partial charge >= 0.3 is 6.09 Å². The zero-order valence-electron chi connectivity index (χ0n) is 17.3. The van der Waals surface area contributed by atoms with Gasteiger partial charge in [0.05, 0.1) is 0 Å². The summed E-state index contributed by atoms with van der Waals surface area (Å²) >= 11 is 0. The average Bonchev–Trinajstić information content (AvgIpc) is 2.87. The molecule has 2 saturated heterocycles. The van der Waals surface area contributed by atoms with Crippen LogP contribution in [-0.2, 0) is 4.74 Å². The molecule has 2 aliphatic heterocycles. The monoisotopic (exact) mass is 495 g/mol. The number of likely N-dealkylation sites (tertiary alicyclic amines) is 1. The van der Waals surface area contributed by atoms with Crippen LogP contribution in [0.15, 0.2) is 4.99 Å². The predicted molar refractivity (Wildman–Crippen MR) is 121 cm³/mol. The molecule has 0 aliphatic carbocycles. The highest BCUT2D eigenvalue weighted by atomic mass is 127. The Bertz CT molecular complexity index is 465. The summed E-state index contributed by atoms with van der Waals surface area (Å²) in [6, 6.07) is 0. The topological polar surface area (TPSA) is 74.4 Å². The maximum atomic E-state index is 12.1. The Kier molecular flexibility index (Phi) is 10.7. The molecule has 8 heteroatoms. The Morgan fingerprint density at radius 1 is 0.963 bits per heavy atom. The van der Waals surface area contributed by atoms with Gasteiger partial charge in [-0.25, -0.2) is 4.79 Å². The minimum Gasteiger partial charge on any atom is -0.444 e.